The van der Waals surface area contributed by atoms with Gasteiger partial charge in [0, 0.05) is 18.8 Å². The van der Waals surface area contributed by atoms with E-state index in [0.29, 0.717) is 0 Å². The van der Waals surface area contributed by atoms with Gasteiger partial charge in [0.1, 0.15) is 5.76 Å². The minimum absolute atomic E-state index is 0.0340. The van der Waals surface area contributed by atoms with E-state index in [4.69, 9.17) is 9.52 Å². The fourth-order valence-electron chi connectivity index (χ4n) is 2.14. The topological polar surface area (TPSA) is 63.3 Å². The average molecular weight is 231 g/mol. The number of rotatable bonds is 2. The predicted octanol–water partition coefficient (Wildman–Crippen LogP) is 2.28. The third kappa shape index (κ3) is 2.05. The monoisotopic (exact) mass is 231 g/mol. The summed E-state index contributed by atoms with van der Waals surface area (Å²) in [6.45, 7) is 0. The number of halogens is 2. The summed E-state index contributed by atoms with van der Waals surface area (Å²) in [5.41, 5.74) is 0. The zero-order valence-electron chi connectivity index (χ0n) is 8.40. The number of oxazole rings is 1. The molecule has 2 atom stereocenters. The van der Waals surface area contributed by atoms with Crippen molar-refractivity contribution in [1.29, 1.82) is 0 Å². The lowest BCUT2D eigenvalue weighted by atomic mass is 9.76. The Bertz CT molecular complexity index is 377. The van der Waals surface area contributed by atoms with E-state index >= 15 is 0 Å². The first kappa shape index (κ1) is 11.0. The van der Waals surface area contributed by atoms with Crippen LogP contribution in [-0.2, 0) is 4.79 Å². The number of hydrogen-bond acceptors (Lipinski definition) is 3. The zero-order valence-corrected chi connectivity index (χ0v) is 8.40. The molecular formula is C10H11F2NO3. The van der Waals surface area contributed by atoms with Gasteiger partial charge in [0.15, 0.2) is 6.39 Å². The molecule has 1 N–H and O–H groups in total. The standard InChI is InChI=1S/C10H11F2NO3/c11-10(12)2-1-6(9(14)15)7(3-10)8-4-13-5-16-8/h4-7H,1-3H2,(H,14,15). The number of aromatic nitrogens is 1. The lowest BCUT2D eigenvalue weighted by Crippen LogP contribution is -2.34. The molecule has 2 rings (SSSR count). The van der Waals surface area contributed by atoms with Gasteiger partial charge in [-0.2, -0.15) is 0 Å². The molecule has 88 valence electrons. The molecule has 1 fully saturated rings. The van der Waals surface area contributed by atoms with Crippen molar-refractivity contribution in [2.75, 3.05) is 0 Å². The molecule has 0 amide bonds. The zero-order chi connectivity index (χ0) is 11.8. The number of carboxylic acid groups (broad SMARTS) is 1. The smallest absolute Gasteiger partial charge is 0.307 e. The van der Waals surface area contributed by atoms with Gasteiger partial charge in [-0.05, 0) is 6.42 Å². The van der Waals surface area contributed by atoms with Crippen LogP contribution in [0.2, 0.25) is 0 Å². The van der Waals surface area contributed by atoms with Crippen molar-refractivity contribution >= 4 is 5.97 Å². The summed E-state index contributed by atoms with van der Waals surface area (Å²) >= 11 is 0. The molecule has 0 aromatic carbocycles. The van der Waals surface area contributed by atoms with Crippen molar-refractivity contribution in [1.82, 2.24) is 4.98 Å². The third-order valence-corrected chi connectivity index (χ3v) is 2.96. The van der Waals surface area contributed by atoms with E-state index in [-0.39, 0.29) is 18.6 Å². The van der Waals surface area contributed by atoms with Gasteiger partial charge in [0.2, 0.25) is 5.92 Å². The molecule has 1 heterocycles. The van der Waals surface area contributed by atoms with Crippen molar-refractivity contribution in [2.24, 2.45) is 5.92 Å². The van der Waals surface area contributed by atoms with E-state index < -0.39 is 30.1 Å². The summed E-state index contributed by atoms with van der Waals surface area (Å²) < 4.78 is 31.4. The molecule has 0 spiro atoms. The van der Waals surface area contributed by atoms with Crippen LogP contribution in [0, 0.1) is 5.92 Å². The van der Waals surface area contributed by atoms with Crippen LogP contribution in [0.5, 0.6) is 0 Å². The van der Waals surface area contributed by atoms with Gasteiger partial charge < -0.3 is 9.52 Å². The first-order chi connectivity index (χ1) is 7.49. The molecule has 2 unspecified atom stereocenters. The maximum absolute atomic E-state index is 13.2. The molecule has 1 aliphatic rings. The van der Waals surface area contributed by atoms with E-state index in [1.54, 1.807) is 0 Å². The van der Waals surface area contributed by atoms with Crippen LogP contribution in [0.3, 0.4) is 0 Å². The van der Waals surface area contributed by atoms with Gasteiger partial charge in [-0.15, -0.1) is 0 Å². The molecule has 0 saturated heterocycles. The molecular weight excluding hydrogens is 220 g/mol. The van der Waals surface area contributed by atoms with E-state index in [2.05, 4.69) is 4.98 Å². The van der Waals surface area contributed by atoms with Crippen LogP contribution in [0.4, 0.5) is 8.78 Å². The number of aliphatic carboxylic acids is 1. The van der Waals surface area contributed by atoms with Gasteiger partial charge in [-0.25, -0.2) is 13.8 Å². The second kappa shape index (κ2) is 3.84. The fraction of sp³-hybridized carbons (Fsp3) is 0.600. The molecule has 1 saturated carbocycles. The van der Waals surface area contributed by atoms with Gasteiger partial charge in [0.25, 0.3) is 0 Å². The Morgan fingerprint density at radius 3 is 2.94 bits per heavy atom. The van der Waals surface area contributed by atoms with Crippen LogP contribution in [0.25, 0.3) is 0 Å². The SMILES string of the molecule is O=C(O)C1CCC(F)(F)CC1c1cnco1. The quantitative estimate of drug-likeness (QED) is 0.848. The van der Waals surface area contributed by atoms with Crippen molar-refractivity contribution in [3.63, 3.8) is 0 Å². The van der Waals surface area contributed by atoms with E-state index in [9.17, 15) is 13.6 Å². The van der Waals surface area contributed by atoms with Gasteiger partial charge in [0.05, 0.1) is 12.1 Å². The highest BCUT2D eigenvalue weighted by molar-refractivity contribution is 5.71. The highest BCUT2D eigenvalue weighted by Gasteiger charge is 2.46. The fourth-order valence-corrected chi connectivity index (χ4v) is 2.14. The highest BCUT2D eigenvalue weighted by atomic mass is 19.3. The lowest BCUT2D eigenvalue weighted by Gasteiger charge is -2.32. The van der Waals surface area contributed by atoms with E-state index in [0.717, 1.165) is 6.39 Å². The van der Waals surface area contributed by atoms with Crippen LogP contribution >= 0.6 is 0 Å². The van der Waals surface area contributed by atoms with Crippen molar-refractivity contribution in [3.05, 3.63) is 18.4 Å². The van der Waals surface area contributed by atoms with E-state index in [1.807, 2.05) is 0 Å². The molecule has 1 aromatic rings. The molecule has 1 aliphatic carbocycles. The average Bonchev–Trinajstić information content (AvgIpc) is 2.68. The second-order valence-corrected chi connectivity index (χ2v) is 4.05. The Morgan fingerprint density at radius 2 is 2.38 bits per heavy atom. The molecule has 6 heteroatoms. The first-order valence-electron chi connectivity index (χ1n) is 4.98. The summed E-state index contributed by atoms with van der Waals surface area (Å²) in [6, 6.07) is 0. The molecule has 16 heavy (non-hydrogen) atoms. The van der Waals surface area contributed by atoms with Crippen LogP contribution in [0.15, 0.2) is 17.0 Å². The molecule has 0 bridgehead atoms. The minimum Gasteiger partial charge on any atom is -0.481 e. The van der Waals surface area contributed by atoms with Crippen molar-refractivity contribution in [2.45, 2.75) is 31.1 Å². The van der Waals surface area contributed by atoms with Crippen LogP contribution in [0.1, 0.15) is 30.9 Å². The maximum atomic E-state index is 13.2. The Labute approximate surface area is 90.3 Å². The Kier molecular flexibility index (Phi) is 2.65. The number of carboxylic acids is 1. The number of carbonyl (C=O) groups is 1. The molecule has 4 nitrogen and oxygen atoms in total. The highest BCUT2D eigenvalue weighted by Crippen LogP contribution is 2.45. The lowest BCUT2D eigenvalue weighted by molar-refractivity contribution is -0.147. The van der Waals surface area contributed by atoms with Gasteiger partial charge in [-0.1, -0.05) is 0 Å². The van der Waals surface area contributed by atoms with Crippen molar-refractivity contribution < 1.29 is 23.1 Å². The largest absolute Gasteiger partial charge is 0.481 e. The Hall–Kier alpha value is -1.46. The summed E-state index contributed by atoms with van der Waals surface area (Å²) in [6.07, 6.45) is 1.53. The Morgan fingerprint density at radius 1 is 1.62 bits per heavy atom. The predicted molar refractivity (Wildman–Crippen MR) is 49.2 cm³/mol. The van der Waals surface area contributed by atoms with Crippen molar-refractivity contribution in [3.8, 4) is 0 Å². The summed E-state index contributed by atoms with van der Waals surface area (Å²) in [7, 11) is 0. The summed E-state index contributed by atoms with van der Waals surface area (Å²) in [5.74, 6) is -5.25. The summed E-state index contributed by atoms with van der Waals surface area (Å²) in [5, 5.41) is 8.97. The van der Waals surface area contributed by atoms with Gasteiger partial charge >= 0.3 is 5.97 Å². The second-order valence-electron chi connectivity index (χ2n) is 4.05. The minimum atomic E-state index is -2.82. The first-order valence-corrected chi connectivity index (χ1v) is 4.98. The van der Waals surface area contributed by atoms with Gasteiger partial charge in [-0.3, -0.25) is 4.79 Å². The van der Waals surface area contributed by atoms with E-state index in [1.165, 1.54) is 6.20 Å². The molecule has 0 aliphatic heterocycles. The number of alkyl halides is 2. The molecule has 0 radical (unpaired) electrons. The normalized spacial score (nSPS) is 28.9. The third-order valence-electron chi connectivity index (χ3n) is 2.96. The maximum Gasteiger partial charge on any atom is 0.307 e. The summed E-state index contributed by atoms with van der Waals surface area (Å²) in [4.78, 5) is 14.6. The molecule has 1 aromatic heterocycles. The van der Waals surface area contributed by atoms with Crippen LogP contribution < -0.4 is 0 Å². The Balaban J connectivity index is 2.25. The number of hydrogen-bond donors (Lipinski definition) is 1. The van der Waals surface area contributed by atoms with Crippen LogP contribution in [-0.4, -0.2) is 22.0 Å². The number of nitrogens with zero attached hydrogens (tertiary/aromatic N) is 1.